The molecule has 0 atom stereocenters. The van der Waals surface area contributed by atoms with E-state index < -0.39 is 0 Å². The van der Waals surface area contributed by atoms with Gasteiger partial charge in [0.25, 0.3) is 0 Å². The molecule has 0 unspecified atom stereocenters. The van der Waals surface area contributed by atoms with Crippen LogP contribution in [0.1, 0.15) is 12.5 Å². The maximum atomic E-state index is 13.0. The number of nitrogens with zero attached hydrogens (tertiary/aromatic N) is 2. The van der Waals surface area contributed by atoms with Crippen LogP contribution in [0, 0.1) is 5.82 Å². The Labute approximate surface area is 153 Å². The number of allylic oxidation sites excluding steroid dienone is 1. The molecule has 2 aromatic rings. The third-order valence-corrected chi connectivity index (χ3v) is 4.66. The van der Waals surface area contributed by atoms with Gasteiger partial charge in [0.05, 0.1) is 12.8 Å². The number of methoxy groups -OCH3 is 1. The zero-order chi connectivity index (χ0) is 18.5. The van der Waals surface area contributed by atoms with Crippen LogP contribution < -0.4 is 9.64 Å². The van der Waals surface area contributed by atoms with E-state index in [0.717, 1.165) is 35.7 Å². The summed E-state index contributed by atoms with van der Waals surface area (Å²) in [6.45, 7) is 4.70. The van der Waals surface area contributed by atoms with E-state index in [9.17, 15) is 9.18 Å². The Balaban J connectivity index is 1.63. The summed E-state index contributed by atoms with van der Waals surface area (Å²) in [4.78, 5) is 16.6. The number of hydrogen-bond donors (Lipinski definition) is 0. The first-order valence-corrected chi connectivity index (χ1v) is 8.69. The maximum absolute atomic E-state index is 13.0. The van der Waals surface area contributed by atoms with Crippen LogP contribution in [0.25, 0.3) is 5.57 Å². The Morgan fingerprint density at radius 3 is 2.35 bits per heavy atom. The predicted octanol–water partition coefficient (Wildman–Crippen LogP) is 3.59. The van der Waals surface area contributed by atoms with Crippen LogP contribution in [0.5, 0.6) is 5.75 Å². The average molecular weight is 354 g/mol. The highest BCUT2D eigenvalue weighted by Crippen LogP contribution is 2.28. The minimum atomic E-state index is -0.277. The van der Waals surface area contributed by atoms with Crippen molar-refractivity contribution in [2.24, 2.45) is 0 Å². The molecule has 1 saturated heterocycles. The van der Waals surface area contributed by atoms with Crippen molar-refractivity contribution in [3.05, 3.63) is 66.0 Å². The van der Waals surface area contributed by atoms with E-state index in [2.05, 4.69) is 4.90 Å². The van der Waals surface area contributed by atoms with Crippen molar-refractivity contribution in [3.8, 4) is 5.75 Å². The fourth-order valence-electron chi connectivity index (χ4n) is 3.13. The number of piperazine rings is 1. The Hall–Kier alpha value is -2.82. The van der Waals surface area contributed by atoms with Crippen LogP contribution in [0.4, 0.5) is 10.1 Å². The van der Waals surface area contributed by atoms with Crippen LogP contribution >= 0.6 is 0 Å². The van der Waals surface area contributed by atoms with Crippen LogP contribution in [-0.2, 0) is 4.79 Å². The number of carbonyl (C=O) groups excluding carboxylic acids is 1. The number of halogens is 1. The number of rotatable bonds is 4. The lowest BCUT2D eigenvalue weighted by Crippen LogP contribution is -2.48. The van der Waals surface area contributed by atoms with Gasteiger partial charge in [0, 0.05) is 32.3 Å². The molecule has 0 bridgehead atoms. The maximum Gasteiger partial charge on any atom is 0.246 e. The highest BCUT2D eigenvalue weighted by Gasteiger charge is 2.22. The van der Waals surface area contributed by atoms with E-state index in [-0.39, 0.29) is 11.7 Å². The number of benzene rings is 2. The highest BCUT2D eigenvalue weighted by atomic mass is 19.1. The summed E-state index contributed by atoms with van der Waals surface area (Å²) in [6.07, 6.45) is 1.63. The van der Waals surface area contributed by atoms with Gasteiger partial charge in [-0.3, -0.25) is 4.79 Å². The van der Waals surface area contributed by atoms with Crippen molar-refractivity contribution in [1.82, 2.24) is 4.90 Å². The molecule has 0 aliphatic carbocycles. The molecule has 0 radical (unpaired) electrons. The topological polar surface area (TPSA) is 32.8 Å². The molecular weight excluding hydrogens is 331 g/mol. The normalized spacial score (nSPS) is 15.1. The van der Waals surface area contributed by atoms with Crippen molar-refractivity contribution >= 4 is 17.2 Å². The van der Waals surface area contributed by atoms with Gasteiger partial charge < -0.3 is 14.5 Å². The van der Waals surface area contributed by atoms with E-state index in [0.29, 0.717) is 13.1 Å². The van der Waals surface area contributed by atoms with Crippen molar-refractivity contribution < 1.29 is 13.9 Å². The third kappa shape index (κ3) is 4.04. The molecule has 0 spiro atoms. The van der Waals surface area contributed by atoms with E-state index in [1.54, 1.807) is 25.3 Å². The molecule has 3 rings (SSSR count). The van der Waals surface area contributed by atoms with Crippen LogP contribution in [0.2, 0.25) is 0 Å². The van der Waals surface area contributed by atoms with Crippen molar-refractivity contribution in [1.29, 1.82) is 0 Å². The second kappa shape index (κ2) is 8.04. The van der Waals surface area contributed by atoms with Crippen molar-refractivity contribution in [2.45, 2.75) is 6.92 Å². The molecule has 26 heavy (non-hydrogen) atoms. The molecule has 136 valence electrons. The summed E-state index contributed by atoms with van der Waals surface area (Å²) in [6, 6.07) is 14.1. The molecule has 4 nitrogen and oxygen atoms in total. The van der Waals surface area contributed by atoms with Gasteiger partial charge in [0.15, 0.2) is 0 Å². The molecular formula is C21H23FN2O2. The van der Waals surface area contributed by atoms with Crippen molar-refractivity contribution in [2.75, 3.05) is 38.2 Å². The summed E-state index contributed by atoms with van der Waals surface area (Å²) in [5.41, 5.74) is 2.75. The summed E-state index contributed by atoms with van der Waals surface area (Å²) in [7, 11) is 1.67. The molecule has 1 aliphatic rings. The van der Waals surface area contributed by atoms with Crippen molar-refractivity contribution in [3.63, 3.8) is 0 Å². The fraction of sp³-hybridized carbons (Fsp3) is 0.286. The first kappa shape index (κ1) is 18.0. The van der Waals surface area contributed by atoms with E-state index in [1.165, 1.54) is 12.1 Å². The summed E-state index contributed by atoms with van der Waals surface area (Å²) >= 11 is 0. The number of amides is 1. The van der Waals surface area contributed by atoms with E-state index >= 15 is 0 Å². The van der Waals surface area contributed by atoms with Gasteiger partial charge in [-0.25, -0.2) is 4.39 Å². The molecule has 1 aliphatic heterocycles. The van der Waals surface area contributed by atoms with Gasteiger partial charge >= 0.3 is 0 Å². The van der Waals surface area contributed by atoms with Crippen LogP contribution in [-0.4, -0.2) is 44.1 Å². The fourth-order valence-corrected chi connectivity index (χ4v) is 3.13. The zero-order valence-corrected chi connectivity index (χ0v) is 15.1. The Morgan fingerprint density at radius 1 is 1.04 bits per heavy atom. The Morgan fingerprint density at radius 2 is 1.69 bits per heavy atom. The minimum absolute atomic E-state index is 0.00787. The number of carbonyl (C=O) groups is 1. The Kier molecular flexibility index (Phi) is 5.56. The van der Waals surface area contributed by atoms with Gasteiger partial charge in [0.2, 0.25) is 5.91 Å². The van der Waals surface area contributed by atoms with Crippen LogP contribution in [0.15, 0.2) is 54.6 Å². The van der Waals surface area contributed by atoms with Gasteiger partial charge in [-0.1, -0.05) is 24.3 Å². The number of para-hydroxylation sites is 2. The first-order valence-electron chi connectivity index (χ1n) is 8.69. The lowest BCUT2D eigenvalue weighted by atomic mass is 10.1. The lowest BCUT2D eigenvalue weighted by Gasteiger charge is -2.36. The summed E-state index contributed by atoms with van der Waals surface area (Å²) < 4.78 is 18.5. The average Bonchev–Trinajstić information content (AvgIpc) is 2.68. The molecule has 1 fully saturated rings. The molecule has 5 heteroatoms. The molecule has 1 heterocycles. The van der Waals surface area contributed by atoms with E-state index in [1.807, 2.05) is 36.1 Å². The second-order valence-electron chi connectivity index (χ2n) is 6.32. The largest absolute Gasteiger partial charge is 0.495 e. The molecule has 0 N–H and O–H groups in total. The monoisotopic (exact) mass is 354 g/mol. The lowest BCUT2D eigenvalue weighted by molar-refractivity contribution is -0.126. The Bertz CT molecular complexity index is 794. The van der Waals surface area contributed by atoms with Gasteiger partial charge in [-0.15, -0.1) is 0 Å². The quantitative estimate of drug-likeness (QED) is 0.787. The van der Waals surface area contributed by atoms with Gasteiger partial charge in [-0.05, 0) is 42.3 Å². The standard InChI is InChI=1S/C21H23FN2O2/c1-16(17-7-9-18(22)10-8-17)15-21(25)24-13-11-23(12-14-24)19-5-3-4-6-20(19)26-2/h3-10,15H,11-14H2,1-2H3/b16-15-. The zero-order valence-electron chi connectivity index (χ0n) is 15.1. The third-order valence-electron chi connectivity index (χ3n) is 4.66. The predicted molar refractivity (Wildman–Crippen MR) is 102 cm³/mol. The molecule has 2 aromatic carbocycles. The van der Waals surface area contributed by atoms with Crippen LogP contribution in [0.3, 0.4) is 0 Å². The highest BCUT2D eigenvalue weighted by molar-refractivity contribution is 5.95. The van der Waals surface area contributed by atoms with Gasteiger partial charge in [0.1, 0.15) is 11.6 Å². The number of ether oxygens (including phenoxy) is 1. The molecule has 0 aromatic heterocycles. The molecule has 0 saturated carbocycles. The number of hydrogen-bond acceptors (Lipinski definition) is 3. The SMILES string of the molecule is COc1ccccc1N1CCN(C(=O)/C=C(/C)c2ccc(F)cc2)CC1. The number of anilines is 1. The summed E-state index contributed by atoms with van der Waals surface area (Å²) in [5, 5.41) is 0. The summed E-state index contributed by atoms with van der Waals surface area (Å²) in [5.74, 6) is 0.561. The second-order valence-corrected chi connectivity index (χ2v) is 6.32. The van der Waals surface area contributed by atoms with E-state index in [4.69, 9.17) is 4.74 Å². The first-order chi connectivity index (χ1) is 12.6. The minimum Gasteiger partial charge on any atom is -0.495 e. The molecule has 1 amide bonds. The van der Waals surface area contributed by atoms with Gasteiger partial charge in [-0.2, -0.15) is 0 Å². The smallest absolute Gasteiger partial charge is 0.246 e.